The maximum Gasteiger partial charge on any atom is 0.337 e. The summed E-state index contributed by atoms with van der Waals surface area (Å²) in [5, 5.41) is 8.45. The van der Waals surface area contributed by atoms with E-state index in [2.05, 4.69) is 20.9 Å². The molecule has 0 aliphatic heterocycles. The fraction of sp³-hybridized carbons (Fsp3) is 0. The quantitative estimate of drug-likeness (QED) is 0.729. The largest absolute Gasteiger partial charge is 0.478 e. The van der Waals surface area contributed by atoms with Gasteiger partial charge >= 0.3 is 5.97 Å². The van der Waals surface area contributed by atoms with Crippen molar-refractivity contribution in [3.63, 3.8) is 0 Å². The van der Waals surface area contributed by atoms with Crippen LogP contribution in [0.4, 0.5) is 0 Å². The molecule has 1 heterocycles. The van der Waals surface area contributed by atoms with Gasteiger partial charge < -0.3 is 5.11 Å². The third-order valence-corrected chi connectivity index (χ3v) is 1.39. The minimum Gasteiger partial charge on any atom is -0.478 e. The average Bonchev–Trinajstić information content (AvgIpc) is 1.88. The van der Waals surface area contributed by atoms with Gasteiger partial charge in [0.05, 0.1) is 5.56 Å². The summed E-state index contributed by atoms with van der Waals surface area (Å²) in [5.74, 6) is -0.964. The molecule has 53 valence electrons. The zero-order chi connectivity index (χ0) is 7.56. The van der Waals surface area contributed by atoms with Crippen molar-refractivity contribution in [3.8, 4) is 0 Å². The first-order valence-corrected chi connectivity index (χ1v) is 3.33. The molecule has 0 fully saturated rings. The number of hydrogen-bond acceptors (Lipinski definition) is 2. The molecule has 1 aromatic rings. The van der Waals surface area contributed by atoms with Gasteiger partial charge in [0, 0.05) is 46.4 Å². The summed E-state index contributed by atoms with van der Waals surface area (Å²) in [7, 11) is 0. The van der Waals surface area contributed by atoms with E-state index in [1.165, 1.54) is 18.5 Å². The summed E-state index contributed by atoms with van der Waals surface area (Å²) in [6, 6.07) is 1.50. The van der Waals surface area contributed by atoms with Gasteiger partial charge in [-0.1, -0.05) is 0 Å². The van der Waals surface area contributed by atoms with Crippen LogP contribution in [0.2, 0.25) is 0 Å². The van der Waals surface area contributed by atoms with E-state index in [9.17, 15) is 4.79 Å². The smallest absolute Gasteiger partial charge is 0.337 e. The van der Waals surface area contributed by atoms with Crippen LogP contribution in [-0.2, 0) is 0 Å². The van der Waals surface area contributed by atoms with E-state index in [1.54, 1.807) is 0 Å². The maximum atomic E-state index is 10.3. The first-order valence-electron chi connectivity index (χ1n) is 2.54. The van der Waals surface area contributed by atoms with Crippen LogP contribution < -0.4 is 0 Å². The van der Waals surface area contributed by atoms with E-state index >= 15 is 0 Å². The second kappa shape index (κ2) is 4.87. The van der Waals surface area contributed by atoms with Crippen molar-refractivity contribution in [2.24, 2.45) is 0 Å². The monoisotopic (exact) mass is 224 g/mol. The zero-order valence-electron chi connectivity index (χ0n) is 5.91. The van der Waals surface area contributed by atoms with Crippen LogP contribution in [0.15, 0.2) is 22.9 Å². The predicted octanol–water partition coefficient (Wildman–Crippen LogP) is 1.16. The van der Waals surface area contributed by atoms with Crippen LogP contribution in [0.1, 0.15) is 10.4 Å². The van der Waals surface area contributed by atoms with E-state index in [4.69, 9.17) is 5.11 Å². The Kier molecular flexibility index (Phi) is 4.92. The number of pyridine rings is 1. The zero-order valence-corrected chi connectivity index (χ0v) is 9.50. The van der Waals surface area contributed by atoms with Gasteiger partial charge in [-0.2, -0.15) is 0 Å². The molecule has 0 bridgehead atoms. The topological polar surface area (TPSA) is 50.2 Å². The summed E-state index contributed by atoms with van der Waals surface area (Å²) in [6.45, 7) is 0. The number of rotatable bonds is 1. The number of carboxylic acids is 1. The fourth-order valence-corrected chi connectivity index (χ4v) is 0.894. The molecule has 1 aromatic heterocycles. The fourth-order valence-electron chi connectivity index (χ4n) is 0.529. The molecular weight excluding hydrogens is 221 g/mol. The second-order valence-corrected chi connectivity index (χ2v) is 2.61. The van der Waals surface area contributed by atoms with Gasteiger partial charge in [0.15, 0.2) is 0 Å². The average molecular weight is 225 g/mol. The Bertz CT molecular complexity index is 267. The molecule has 0 amide bonds. The van der Waals surface area contributed by atoms with Gasteiger partial charge in [0.1, 0.15) is 0 Å². The van der Waals surface area contributed by atoms with Gasteiger partial charge in [-0.3, -0.25) is 4.98 Å². The number of carboxylic acid groups (broad SMARTS) is 1. The molecule has 1 radical (unpaired) electrons. The van der Waals surface area contributed by atoms with Crippen LogP contribution >= 0.6 is 15.9 Å². The Hall–Kier alpha value is 0.100. The maximum absolute atomic E-state index is 10.3. The molecule has 1 rings (SSSR count). The first kappa shape index (κ1) is 11.1. The molecule has 0 aromatic carbocycles. The summed E-state index contributed by atoms with van der Waals surface area (Å²) in [6.07, 6.45) is 2.83. The molecule has 0 aliphatic rings. The molecule has 0 saturated carbocycles. The Morgan fingerprint density at radius 1 is 1.55 bits per heavy atom. The van der Waals surface area contributed by atoms with Gasteiger partial charge in [-0.25, -0.2) is 4.79 Å². The molecular formula is C6H4BrNNaO2. The molecule has 0 aliphatic carbocycles. The molecule has 1 N–H and O–H groups in total. The minimum atomic E-state index is -0.964. The second-order valence-electron chi connectivity index (χ2n) is 1.70. The number of carbonyl (C=O) groups is 1. The van der Waals surface area contributed by atoms with Crippen LogP contribution in [0, 0.1) is 0 Å². The minimum absolute atomic E-state index is 0. The van der Waals surface area contributed by atoms with Crippen molar-refractivity contribution in [2.75, 3.05) is 0 Å². The standard InChI is InChI=1S/C6H4BrNO2.Na/c7-5-1-4(6(9)10)2-8-3-5;/h1-3H,(H,9,10);. The predicted molar refractivity (Wildman–Crippen MR) is 44.7 cm³/mol. The molecule has 0 unspecified atom stereocenters. The van der Waals surface area contributed by atoms with Crippen molar-refractivity contribution in [3.05, 3.63) is 28.5 Å². The van der Waals surface area contributed by atoms with Gasteiger partial charge in [-0.15, -0.1) is 0 Å². The SMILES string of the molecule is O=C(O)c1cncc(Br)c1.[Na]. The van der Waals surface area contributed by atoms with E-state index in [1.807, 2.05) is 0 Å². The van der Waals surface area contributed by atoms with Crippen molar-refractivity contribution >= 4 is 51.5 Å². The number of nitrogens with zero attached hydrogens (tertiary/aromatic N) is 1. The third kappa shape index (κ3) is 3.33. The number of aromatic nitrogens is 1. The third-order valence-electron chi connectivity index (χ3n) is 0.952. The van der Waals surface area contributed by atoms with E-state index in [0.29, 0.717) is 4.47 Å². The Morgan fingerprint density at radius 2 is 2.18 bits per heavy atom. The summed E-state index contributed by atoms with van der Waals surface area (Å²) >= 11 is 3.10. The van der Waals surface area contributed by atoms with Crippen LogP contribution in [0.25, 0.3) is 0 Å². The Labute approximate surface area is 94.3 Å². The normalized spacial score (nSPS) is 8.45. The first-order chi connectivity index (χ1) is 4.70. The Balaban J connectivity index is 0.000001000. The molecule has 5 heteroatoms. The van der Waals surface area contributed by atoms with Crippen molar-refractivity contribution in [1.29, 1.82) is 0 Å². The van der Waals surface area contributed by atoms with Gasteiger partial charge in [0.25, 0.3) is 0 Å². The summed E-state index contributed by atoms with van der Waals surface area (Å²) < 4.78 is 0.674. The van der Waals surface area contributed by atoms with Gasteiger partial charge in [0.2, 0.25) is 0 Å². The summed E-state index contributed by atoms with van der Waals surface area (Å²) in [5.41, 5.74) is 0.189. The van der Waals surface area contributed by atoms with Crippen LogP contribution in [0.3, 0.4) is 0 Å². The van der Waals surface area contributed by atoms with Crippen molar-refractivity contribution < 1.29 is 9.90 Å². The molecule has 0 saturated heterocycles. The number of aromatic carboxylic acids is 1. The van der Waals surface area contributed by atoms with Crippen LogP contribution in [0.5, 0.6) is 0 Å². The van der Waals surface area contributed by atoms with E-state index in [0.717, 1.165) is 0 Å². The molecule has 11 heavy (non-hydrogen) atoms. The van der Waals surface area contributed by atoms with Crippen molar-refractivity contribution in [1.82, 2.24) is 4.98 Å². The van der Waals surface area contributed by atoms with Gasteiger partial charge in [-0.05, 0) is 22.0 Å². The molecule has 3 nitrogen and oxygen atoms in total. The molecule has 0 atom stereocenters. The van der Waals surface area contributed by atoms with E-state index in [-0.39, 0.29) is 35.1 Å². The molecule has 0 spiro atoms. The number of hydrogen-bond donors (Lipinski definition) is 1. The van der Waals surface area contributed by atoms with Crippen LogP contribution in [-0.4, -0.2) is 45.6 Å². The Morgan fingerprint density at radius 3 is 2.55 bits per heavy atom. The van der Waals surface area contributed by atoms with E-state index < -0.39 is 5.97 Å². The summed E-state index contributed by atoms with van der Waals surface area (Å²) in [4.78, 5) is 14.0. The number of halogens is 1. The van der Waals surface area contributed by atoms with Crippen molar-refractivity contribution in [2.45, 2.75) is 0 Å².